The molecule has 1 unspecified atom stereocenters. The Morgan fingerprint density at radius 3 is 3.27 bits per heavy atom. The van der Waals surface area contributed by atoms with Crippen LogP contribution in [-0.4, -0.2) is 50.3 Å². The first kappa shape index (κ1) is 11.1. The van der Waals surface area contributed by atoms with Crippen molar-refractivity contribution in [2.24, 2.45) is 0 Å². The Morgan fingerprint density at radius 1 is 1.60 bits per heavy atom. The van der Waals surface area contributed by atoms with E-state index < -0.39 is 0 Å². The Hall–Kier alpha value is -0.380. The molecule has 0 aromatic rings. The van der Waals surface area contributed by atoms with Crippen LogP contribution in [0.1, 0.15) is 19.8 Å². The van der Waals surface area contributed by atoms with E-state index in [2.05, 4.69) is 23.2 Å². The van der Waals surface area contributed by atoms with Gasteiger partial charge in [0.1, 0.15) is 0 Å². The number of rotatable bonds is 3. The minimum atomic E-state index is 0.574. The van der Waals surface area contributed by atoms with Crippen molar-refractivity contribution in [2.45, 2.75) is 25.8 Å². The molecule has 1 saturated heterocycles. The SMILES string of the molecule is CC1=CCCN(CCC2COCCN2)C1. The highest BCUT2D eigenvalue weighted by molar-refractivity contribution is 5.04. The summed E-state index contributed by atoms with van der Waals surface area (Å²) in [6.07, 6.45) is 4.80. The van der Waals surface area contributed by atoms with Gasteiger partial charge in [-0.3, -0.25) is 4.90 Å². The smallest absolute Gasteiger partial charge is 0.0620 e. The highest BCUT2D eigenvalue weighted by Crippen LogP contribution is 2.10. The summed E-state index contributed by atoms with van der Waals surface area (Å²) in [5, 5.41) is 3.50. The third kappa shape index (κ3) is 3.59. The van der Waals surface area contributed by atoms with E-state index in [0.29, 0.717) is 6.04 Å². The van der Waals surface area contributed by atoms with Crippen molar-refractivity contribution in [1.82, 2.24) is 10.2 Å². The summed E-state index contributed by atoms with van der Waals surface area (Å²) in [5.41, 5.74) is 1.52. The minimum absolute atomic E-state index is 0.574. The van der Waals surface area contributed by atoms with Gasteiger partial charge in [-0.2, -0.15) is 0 Å². The molecule has 2 aliphatic rings. The third-order valence-electron chi connectivity index (χ3n) is 3.20. The Labute approximate surface area is 92.5 Å². The van der Waals surface area contributed by atoms with E-state index in [1.165, 1.54) is 31.5 Å². The fourth-order valence-electron chi connectivity index (χ4n) is 2.32. The van der Waals surface area contributed by atoms with Gasteiger partial charge in [0, 0.05) is 32.2 Å². The van der Waals surface area contributed by atoms with Crippen LogP contribution in [0.15, 0.2) is 11.6 Å². The van der Waals surface area contributed by atoms with Gasteiger partial charge in [0.05, 0.1) is 13.2 Å². The van der Waals surface area contributed by atoms with Crippen molar-refractivity contribution in [1.29, 1.82) is 0 Å². The second-order valence-electron chi connectivity index (χ2n) is 4.63. The Balaban J connectivity index is 1.66. The molecule has 1 N–H and O–H groups in total. The van der Waals surface area contributed by atoms with Gasteiger partial charge in [0.25, 0.3) is 0 Å². The molecule has 0 bridgehead atoms. The number of nitrogens with one attached hydrogen (secondary N) is 1. The summed E-state index contributed by atoms with van der Waals surface area (Å²) in [7, 11) is 0. The van der Waals surface area contributed by atoms with Crippen LogP contribution in [0.2, 0.25) is 0 Å². The minimum Gasteiger partial charge on any atom is -0.379 e. The zero-order chi connectivity index (χ0) is 10.5. The maximum Gasteiger partial charge on any atom is 0.0620 e. The lowest BCUT2D eigenvalue weighted by Gasteiger charge is -2.29. The van der Waals surface area contributed by atoms with Crippen LogP contribution in [-0.2, 0) is 4.74 Å². The monoisotopic (exact) mass is 210 g/mol. The van der Waals surface area contributed by atoms with E-state index in [-0.39, 0.29) is 0 Å². The first-order valence-corrected chi connectivity index (χ1v) is 6.04. The topological polar surface area (TPSA) is 24.5 Å². The molecule has 0 radical (unpaired) electrons. The molecular formula is C12H22N2O. The standard InChI is InChI=1S/C12H22N2O/c1-11-3-2-6-14(9-11)7-4-12-10-15-8-5-13-12/h3,12-13H,2,4-10H2,1H3. The zero-order valence-corrected chi connectivity index (χ0v) is 9.67. The lowest BCUT2D eigenvalue weighted by molar-refractivity contribution is 0.0702. The molecule has 15 heavy (non-hydrogen) atoms. The van der Waals surface area contributed by atoms with E-state index in [1.54, 1.807) is 0 Å². The van der Waals surface area contributed by atoms with Crippen LogP contribution >= 0.6 is 0 Å². The van der Waals surface area contributed by atoms with Gasteiger partial charge in [0.2, 0.25) is 0 Å². The molecule has 0 saturated carbocycles. The number of morpholine rings is 1. The normalized spacial score (nSPS) is 28.9. The van der Waals surface area contributed by atoms with Crippen LogP contribution in [0.4, 0.5) is 0 Å². The second kappa shape index (κ2) is 5.64. The molecule has 2 aliphatic heterocycles. The van der Waals surface area contributed by atoms with E-state index in [1.807, 2.05) is 0 Å². The molecule has 0 aromatic heterocycles. The lowest BCUT2D eigenvalue weighted by atomic mass is 10.1. The Morgan fingerprint density at radius 2 is 2.53 bits per heavy atom. The second-order valence-corrected chi connectivity index (χ2v) is 4.63. The Bertz CT molecular complexity index is 222. The number of hydrogen-bond donors (Lipinski definition) is 1. The summed E-state index contributed by atoms with van der Waals surface area (Å²) >= 11 is 0. The van der Waals surface area contributed by atoms with Crippen molar-refractivity contribution in [3.8, 4) is 0 Å². The molecule has 2 rings (SSSR count). The summed E-state index contributed by atoms with van der Waals surface area (Å²) in [5.74, 6) is 0. The fraction of sp³-hybridized carbons (Fsp3) is 0.833. The molecule has 86 valence electrons. The molecule has 3 heteroatoms. The average molecular weight is 210 g/mol. The van der Waals surface area contributed by atoms with Gasteiger partial charge < -0.3 is 10.1 Å². The fourth-order valence-corrected chi connectivity index (χ4v) is 2.32. The molecule has 1 fully saturated rings. The van der Waals surface area contributed by atoms with Crippen LogP contribution in [0, 0.1) is 0 Å². The predicted molar refractivity (Wildman–Crippen MR) is 62.0 cm³/mol. The lowest BCUT2D eigenvalue weighted by Crippen LogP contribution is -2.43. The molecular weight excluding hydrogens is 188 g/mol. The highest BCUT2D eigenvalue weighted by Gasteiger charge is 2.15. The maximum absolute atomic E-state index is 5.45. The van der Waals surface area contributed by atoms with Gasteiger partial charge in [-0.1, -0.05) is 11.6 Å². The molecule has 3 nitrogen and oxygen atoms in total. The van der Waals surface area contributed by atoms with Gasteiger partial charge in [0.15, 0.2) is 0 Å². The van der Waals surface area contributed by atoms with Crippen molar-refractivity contribution in [3.63, 3.8) is 0 Å². The summed E-state index contributed by atoms with van der Waals surface area (Å²) < 4.78 is 5.45. The highest BCUT2D eigenvalue weighted by atomic mass is 16.5. The maximum atomic E-state index is 5.45. The van der Waals surface area contributed by atoms with E-state index in [0.717, 1.165) is 26.3 Å². The average Bonchev–Trinajstić information content (AvgIpc) is 2.28. The van der Waals surface area contributed by atoms with Crippen LogP contribution < -0.4 is 5.32 Å². The van der Waals surface area contributed by atoms with Crippen LogP contribution in [0.25, 0.3) is 0 Å². The molecule has 1 atom stereocenters. The molecule has 2 heterocycles. The van der Waals surface area contributed by atoms with Crippen LogP contribution in [0.5, 0.6) is 0 Å². The molecule has 0 aliphatic carbocycles. The van der Waals surface area contributed by atoms with E-state index in [9.17, 15) is 0 Å². The van der Waals surface area contributed by atoms with Crippen molar-refractivity contribution in [3.05, 3.63) is 11.6 Å². The molecule has 0 aromatic carbocycles. The zero-order valence-electron chi connectivity index (χ0n) is 9.67. The third-order valence-corrected chi connectivity index (χ3v) is 3.20. The van der Waals surface area contributed by atoms with Crippen molar-refractivity contribution >= 4 is 0 Å². The first-order chi connectivity index (χ1) is 7.34. The first-order valence-electron chi connectivity index (χ1n) is 6.04. The number of hydrogen-bond acceptors (Lipinski definition) is 3. The van der Waals surface area contributed by atoms with Gasteiger partial charge in [-0.15, -0.1) is 0 Å². The Kier molecular flexibility index (Phi) is 4.18. The van der Waals surface area contributed by atoms with Gasteiger partial charge >= 0.3 is 0 Å². The predicted octanol–water partition coefficient (Wildman–Crippen LogP) is 1.02. The van der Waals surface area contributed by atoms with Crippen molar-refractivity contribution in [2.75, 3.05) is 39.4 Å². The van der Waals surface area contributed by atoms with E-state index in [4.69, 9.17) is 4.74 Å². The number of nitrogens with zero attached hydrogens (tertiary/aromatic N) is 1. The molecule has 0 spiro atoms. The quantitative estimate of drug-likeness (QED) is 0.704. The largest absolute Gasteiger partial charge is 0.379 e. The summed E-state index contributed by atoms with van der Waals surface area (Å²) in [6.45, 7) is 8.60. The van der Waals surface area contributed by atoms with Crippen molar-refractivity contribution < 1.29 is 4.74 Å². The van der Waals surface area contributed by atoms with Gasteiger partial charge in [-0.25, -0.2) is 0 Å². The van der Waals surface area contributed by atoms with Crippen LogP contribution in [0.3, 0.4) is 0 Å². The number of ether oxygens (including phenoxy) is 1. The van der Waals surface area contributed by atoms with Gasteiger partial charge in [-0.05, 0) is 19.8 Å². The summed E-state index contributed by atoms with van der Waals surface area (Å²) in [4.78, 5) is 2.55. The van der Waals surface area contributed by atoms with E-state index >= 15 is 0 Å². The molecule has 0 amide bonds. The summed E-state index contributed by atoms with van der Waals surface area (Å²) in [6, 6.07) is 0.574.